The van der Waals surface area contributed by atoms with Crippen LogP contribution in [0.4, 0.5) is 0 Å². The molecule has 2 saturated heterocycles. The summed E-state index contributed by atoms with van der Waals surface area (Å²) < 4.78 is 15.5. The molecule has 5 rings (SSSR count). The smallest absolute Gasteiger partial charge is 0.352 e. The lowest BCUT2D eigenvalue weighted by atomic mass is 9.90. The SMILES string of the molecule is CCN1CCN([C@@](NC=O)(C(=O)N[C@]2(NC=O)C(=O)N3C(C(=O)O)=C(COC(=O)C=Cc4cccc(OC(C)=O)c4OC(C)=O)CS[C@@H]32)c2ccccc2)C(=O)C1=O. The van der Waals surface area contributed by atoms with Crippen LogP contribution < -0.4 is 25.4 Å². The van der Waals surface area contributed by atoms with Gasteiger partial charge in [0.15, 0.2) is 11.5 Å². The van der Waals surface area contributed by atoms with E-state index in [9.17, 15) is 53.1 Å². The van der Waals surface area contributed by atoms with Crippen LogP contribution in [0, 0.1) is 0 Å². The van der Waals surface area contributed by atoms with Crippen LogP contribution in [0.15, 0.2) is 65.9 Å². The fraction of sp³-hybridized carbons (Fsp3) is 0.297. The highest BCUT2D eigenvalue weighted by atomic mass is 32.2. The van der Waals surface area contributed by atoms with Gasteiger partial charge in [-0.25, -0.2) is 9.59 Å². The van der Waals surface area contributed by atoms with Crippen molar-refractivity contribution in [2.45, 2.75) is 37.5 Å². The number of carboxylic acid groups (broad SMARTS) is 1. The molecule has 20 nitrogen and oxygen atoms in total. The minimum absolute atomic E-state index is 0.0100. The number of ether oxygens (including phenoxy) is 3. The van der Waals surface area contributed by atoms with E-state index in [0.717, 1.165) is 41.5 Å². The second-order valence-corrected chi connectivity index (χ2v) is 13.7. The second kappa shape index (κ2) is 17.4. The van der Waals surface area contributed by atoms with Gasteiger partial charge in [0, 0.05) is 62.0 Å². The van der Waals surface area contributed by atoms with Gasteiger partial charge >= 0.3 is 35.7 Å². The van der Waals surface area contributed by atoms with Crippen LogP contribution in [-0.2, 0) is 58.3 Å². The number of amides is 6. The molecule has 6 amide bonds. The summed E-state index contributed by atoms with van der Waals surface area (Å²) in [6, 6.07) is 11.7. The molecule has 2 fully saturated rings. The molecule has 3 aliphatic heterocycles. The predicted molar refractivity (Wildman–Crippen MR) is 198 cm³/mol. The van der Waals surface area contributed by atoms with Crippen molar-refractivity contribution in [2.75, 3.05) is 32.0 Å². The van der Waals surface area contributed by atoms with Crippen LogP contribution in [0.1, 0.15) is 31.9 Å². The zero-order valence-corrected chi connectivity index (χ0v) is 31.9. The number of piperazine rings is 1. The number of para-hydroxylation sites is 1. The van der Waals surface area contributed by atoms with Crippen molar-refractivity contribution < 1.29 is 67.3 Å². The first-order valence-electron chi connectivity index (χ1n) is 17.3. The topological polar surface area (TPSA) is 264 Å². The van der Waals surface area contributed by atoms with Crippen molar-refractivity contribution in [3.05, 3.63) is 77.0 Å². The molecule has 58 heavy (non-hydrogen) atoms. The zero-order valence-electron chi connectivity index (χ0n) is 31.0. The Bertz CT molecular complexity index is 2140. The van der Waals surface area contributed by atoms with E-state index in [2.05, 4.69) is 16.0 Å². The number of rotatable bonds is 16. The van der Waals surface area contributed by atoms with Crippen molar-refractivity contribution in [2.24, 2.45) is 0 Å². The van der Waals surface area contributed by atoms with E-state index in [-0.39, 0.29) is 66.4 Å². The van der Waals surface area contributed by atoms with E-state index in [4.69, 9.17) is 14.2 Å². The molecule has 21 heteroatoms. The van der Waals surface area contributed by atoms with E-state index < -0.39 is 76.5 Å². The molecular weight excluding hydrogens is 785 g/mol. The highest BCUT2D eigenvalue weighted by Gasteiger charge is 2.67. The Labute approximate surface area is 333 Å². The highest BCUT2D eigenvalue weighted by Crippen LogP contribution is 2.46. The Morgan fingerprint density at radius 3 is 2.28 bits per heavy atom. The first kappa shape index (κ1) is 42.1. The number of carbonyl (C=O) groups excluding carboxylic acids is 9. The summed E-state index contributed by atoms with van der Waals surface area (Å²) in [6.07, 6.45) is 2.38. The van der Waals surface area contributed by atoms with Gasteiger partial charge in [-0.05, 0) is 19.1 Å². The van der Waals surface area contributed by atoms with Gasteiger partial charge in [0.2, 0.25) is 24.1 Å². The third-order valence-corrected chi connectivity index (χ3v) is 10.5. The number of likely N-dealkylation sites (N-methyl/N-ethyl adjacent to an activating group) is 1. The lowest BCUT2D eigenvalue weighted by Gasteiger charge is -2.57. The Morgan fingerprint density at radius 1 is 0.948 bits per heavy atom. The van der Waals surface area contributed by atoms with Crippen LogP contribution in [0.5, 0.6) is 11.5 Å². The molecule has 0 radical (unpaired) electrons. The fourth-order valence-electron chi connectivity index (χ4n) is 6.59. The Balaban J connectivity index is 1.42. The second-order valence-electron chi connectivity index (χ2n) is 12.6. The number of β-lactam (4-membered cyclic amide) rings is 1. The van der Waals surface area contributed by atoms with Crippen LogP contribution in [0.25, 0.3) is 6.08 Å². The van der Waals surface area contributed by atoms with E-state index >= 15 is 0 Å². The number of fused-ring (bicyclic) bond motifs is 1. The number of nitrogens with zero attached hydrogens (tertiary/aromatic N) is 3. The summed E-state index contributed by atoms with van der Waals surface area (Å²) in [6.45, 7) is 3.22. The maximum absolute atomic E-state index is 14.6. The van der Waals surface area contributed by atoms with Gasteiger partial charge in [0.25, 0.3) is 11.8 Å². The number of benzene rings is 2. The van der Waals surface area contributed by atoms with Gasteiger partial charge in [-0.15, -0.1) is 11.8 Å². The van der Waals surface area contributed by atoms with Crippen molar-refractivity contribution >= 4 is 78.2 Å². The summed E-state index contributed by atoms with van der Waals surface area (Å²) in [5.41, 5.74) is -5.25. The molecule has 3 aliphatic rings. The van der Waals surface area contributed by atoms with E-state index in [1.807, 2.05) is 0 Å². The summed E-state index contributed by atoms with van der Waals surface area (Å²) >= 11 is 0.888. The summed E-state index contributed by atoms with van der Waals surface area (Å²) in [4.78, 5) is 131. The van der Waals surface area contributed by atoms with E-state index in [0.29, 0.717) is 0 Å². The number of aliphatic carboxylic acids is 1. The molecule has 0 aromatic heterocycles. The van der Waals surface area contributed by atoms with Gasteiger partial charge in [-0.1, -0.05) is 42.5 Å². The first-order valence-corrected chi connectivity index (χ1v) is 18.4. The Kier molecular flexibility index (Phi) is 12.6. The third kappa shape index (κ3) is 7.83. The molecule has 2 aromatic carbocycles. The van der Waals surface area contributed by atoms with Gasteiger partial charge in [-0.3, -0.25) is 48.2 Å². The molecule has 0 unspecified atom stereocenters. The number of carbonyl (C=O) groups is 10. The van der Waals surface area contributed by atoms with Crippen molar-refractivity contribution in [1.29, 1.82) is 0 Å². The molecule has 304 valence electrons. The van der Waals surface area contributed by atoms with Crippen molar-refractivity contribution in [3.8, 4) is 11.5 Å². The molecule has 0 aliphatic carbocycles. The lowest BCUT2D eigenvalue weighted by Crippen LogP contribution is -2.87. The molecule has 4 N–H and O–H groups in total. The van der Waals surface area contributed by atoms with Crippen LogP contribution in [0.2, 0.25) is 0 Å². The molecule has 3 heterocycles. The number of carboxylic acids is 1. The zero-order chi connectivity index (χ0) is 42.4. The minimum atomic E-state index is -2.44. The number of thioether (sulfide) groups is 1. The lowest BCUT2D eigenvalue weighted by molar-refractivity contribution is -0.171. The number of esters is 3. The van der Waals surface area contributed by atoms with Crippen LogP contribution in [0.3, 0.4) is 0 Å². The molecule has 0 bridgehead atoms. The van der Waals surface area contributed by atoms with Crippen LogP contribution in [-0.4, -0.2) is 123 Å². The largest absolute Gasteiger partial charge is 0.477 e. The van der Waals surface area contributed by atoms with Crippen molar-refractivity contribution in [1.82, 2.24) is 30.7 Å². The summed E-state index contributed by atoms with van der Waals surface area (Å²) in [5, 5.41) is 16.0. The van der Waals surface area contributed by atoms with E-state index in [1.165, 1.54) is 53.4 Å². The van der Waals surface area contributed by atoms with Crippen LogP contribution >= 0.6 is 11.8 Å². The molecule has 0 spiro atoms. The molecule has 0 saturated carbocycles. The number of hydrogen-bond donors (Lipinski definition) is 4. The number of nitrogens with one attached hydrogen (secondary N) is 3. The Hall–Kier alpha value is -7.03. The van der Waals surface area contributed by atoms with Crippen molar-refractivity contribution in [3.63, 3.8) is 0 Å². The normalized spacial score (nSPS) is 19.9. The van der Waals surface area contributed by atoms with Gasteiger partial charge in [-0.2, -0.15) is 0 Å². The van der Waals surface area contributed by atoms with Gasteiger partial charge in [0.05, 0.1) is 0 Å². The summed E-state index contributed by atoms with van der Waals surface area (Å²) in [7, 11) is 0. The third-order valence-electron chi connectivity index (χ3n) is 9.13. The number of hydrogen-bond acceptors (Lipinski definition) is 14. The fourth-order valence-corrected chi connectivity index (χ4v) is 8.00. The van der Waals surface area contributed by atoms with Gasteiger partial charge < -0.3 is 40.2 Å². The maximum Gasteiger partial charge on any atom is 0.352 e. The van der Waals surface area contributed by atoms with E-state index in [1.54, 1.807) is 13.0 Å². The quantitative estimate of drug-likeness (QED) is 0.0307. The Morgan fingerprint density at radius 2 is 1.66 bits per heavy atom. The monoisotopic (exact) mass is 820 g/mol. The highest BCUT2D eigenvalue weighted by molar-refractivity contribution is 8.00. The molecular formula is C37H36N6O14S. The standard InChI is InChI=1S/C37H36N6O14S/c1-4-41-15-16-42(31(50)30(41)49)37(39-20-45,25-10-6-5-7-11-25)33(53)40-36(38-19-44)34(54)43-28(32(51)52)24(18-58-35(36)43)17-55-27(48)14-13-23-9-8-12-26(56-21(2)46)29(23)57-22(3)47/h5-14,19-20,35H,4,15-18H2,1-3H3,(H,38,44)(H,39,45)(H,40,53)(H,51,52)/t35-,36-,37-/m1/s1. The maximum atomic E-state index is 14.6. The minimum Gasteiger partial charge on any atom is -0.477 e. The summed E-state index contributed by atoms with van der Waals surface area (Å²) in [5.74, 6) is -8.93. The molecule has 3 atom stereocenters. The first-order chi connectivity index (χ1) is 27.7. The average molecular weight is 821 g/mol. The average Bonchev–Trinajstić information content (AvgIpc) is 3.19. The predicted octanol–water partition coefficient (Wildman–Crippen LogP) is -0.804. The molecule has 2 aromatic rings. The van der Waals surface area contributed by atoms with Gasteiger partial charge in [0.1, 0.15) is 17.7 Å².